The number of nitrogens with one attached hydrogen (secondary N) is 1. The molecule has 0 saturated carbocycles. The number of aromatic nitrogens is 2. The number of hydrogen-bond donors (Lipinski definition) is 1. The molecule has 0 aliphatic rings. The van der Waals surface area contributed by atoms with Crippen LogP contribution in [0.25, 0.3) is 22.0 Å². The fraction of sp³-hybridized carbons (Fsp3) is 0. The third-order valence-electron chi connectivity index (χ3n) is 2.89. The molecule has 90 valence electrons. The lowest BCUT2D eigenvalue weighted by atomic mass is 10.0. The first-order valence-electron chi connectivity index (χ1n) is 5.85. The summed E-state index contributed by atoms with van der Waals surface area (Å²) in [7, 11) is 0. The SMILES string of the molecule is N#CNc1nccc(-c2cccc3ccccc23)n1. The summed E-state index contributed by atoms with van der Waals surface area (Å²) in [6.45, 7) is 0. The minimum atomic E-state index is 0.313. The Morgan fingerprint density at radius 1 is 1.00 bits per heavy atom. The number of nitriles is 1. The molecule has 0 amide bonds. The molecular weight excluding hydrogens is 236 g/mol. The van der Waals surface area contributed by atoms with Crippen LogP contribution in [0.15, 0.2) is 54.7 Å². The Labute approximate surface area is 110 Å². The molecule has 3 aromatic rings. The second-order valence-corrected chi connectivity index (χ2v) is 4.03. The molecule has 1 heterocycles. The molecule has 4 nitrogen and oxygen atoms in total. The highest BCUT2D eigenvalue weighted by Crippen LogP contribution is 2.27. The summed E-state index contributed by atoms with van der Waals surface area (Å²) in [5.74, 6) is 0.313. The number of benzene rings is 2. The molecule has 0 atom stereocenters. The maximum absolute atomic E-state index is 8.61. The van der Waals surface area contributed by atoms with Gasteiger partial charge in [-0.2, -0.15) is 5.26 Å². The average Bonchev–Trinajstić information content (AvgIpc) is 2.47. The van der Waals surface area contributed by atoms with Crippen LogP contribution in [0.5, 0.6) is 0 Å². The second kappa shape index (κ2) is 4.75. The van der Waals surface area contributed by atoms with Gasteiger partial charge in [-0.25, -0.2) is 9.97 Å². The zero-order valence-electron chi connectivity index (χ0n) is 10.0. The van der Waals surface area contributed by atoms with Crippen molar-refractivity contribution < 1.29 is 0 Å². The van der Waals surface area contributed by atoms with Crippen molar-refractivity contribution in [1.82, 2.24) is 9.97 Å². The maximum atomic E-state index is 8.61. The molecule has 0 bridgehead atoms. The van der Waals surface area contributed by atoms with Crippen LogP contribution in [0.3, 0.4) is 0 Å². The lowest BCUT2D eigenvalue weighted by Gasteiger charge is -2.06. The molecule has 0 saturated heterocycles. The minimum Gasteiger partial charge on any atom is -0.261 e. The van der Waals surface area contributed by atoms with Crippen molar-refractivity contribution in [2.24, 2.45) is 0 Å². The van der Waals surface area contributed by atoms with E-state index in [1.165, 1.54) is 0 Å². The number of anilines is 1. The van der Waals surface area contributed by atoms with Crippen molar-refractivity contribution >= 4 is 16.7 Å². The summed E-state index contributed by atoms with van der Waals surface area (Å²) in [6.07, 6.45) is 3.47. The van der Waals surface area contributed by atoms with Crippen LogP contribution in [-0.4, -0.2) is 9.97 Å². The van der Waals surface area contributed by atoms with E-state index in [0.29, 0.717) is 5.95 Å². The topological polar surface area (TPSA) is 61.6 Å². The molecule has 0 spiro atoms. The van der Waals surface area contributed by atoms with Gasteiger partial charge < -0.3 is 0 Å². The molecule has 0 unspecified atom stereocenters. The summed E-state index contributed by atoms with van der Waals surface area (Å²) >= 11 is 0. The highest BCUT2D eigenvalue weighted by Gasteiger charge is 2.05. The third-order valence-corrected chi connectivity index (χ3v) is 2.89. The molecule has 3 rings (SSSR count). The smallest absolute Gasteiger partial charge is 0.236 e. The van der Waals surface area contributed by atoms with Gasteiger partial charge in [0.2, 0.25) is 5.95 Å². The van der Waals surface area contributed by atoms with Gasteiger partial charge in [0, 0.05) is 11.8 Å². The normalized spacial score (nSPS) is 10.1. The first-order chi connectivity index (χ1) is 9.38. The quantitative estimate of drug-likeness (QED) is 0.557. The summed E-state index contributed by atoms with van der Waals surface area (Å²) in [5, 5.41) is 13.4. The van der Waals surface area contributed by atoms with Crippen LogP contribution in [0.2, 0.25) is 0 Å². The van der Waals surface area contributed by atoms with Gasteiger partial charge in [0.1, 0.15) is 0 Å². The van der Waals surface area contributed by atoms with Crippen LogP contribution in [0, 0.1) is 11.5 Å². The Morgan fingerprint density at radius 3 is 2.74 bits per heavy atom. The molecule has 0 aliphatic heterocycles. The lowest BCUT2D eigenvalue weighted by Crippen LogP contribution is -1.96. The zero-order valence-corrected chi connectivity index (χ0v) is 10.0. The van der Waals surface area contributed by atoms with Gasteiger partial charge in [-0.3, -0.25) is 5.32 Å². The van der Waals surface area contributed by atoms with E-state index >= 15 is 0 Å². The van der Waals surface area contributed by atoms with Crippen molar-refractivity contribution in [1.29, 1.82) is 5.26 Å². The largest absolute Gasteiger partial charge is 0.261 e. The molecule has 0 aliphatic carbocycles. The molecule has 0 fully saturated rings. The van der Waals surface area contributed by atoms with Crippen molar-refractivity contribution in [3.63, 3.8) is 0 Å². The van der Waals surface area contributed by atoms with E-state index in [1.54, 1.807) is 6.20 Å². The minimum absolute atomic E-state index is 0.313. The van der Waals surface area contributed by atoms with Crippen molar-refractivity contribution in [3.8, 4) is 17.5 Å². The van der Waals surface area contributed by atoms with Crippen molar-refractivity contribution in [3.05, 3.63) is 54.7 Å². The van der Waals surface area contributed by atoms with Crippen LogP contribution in [0.1, 0.15) is 0 Å². The Bertz CT molecular complexity index is 769. The maximum Gasteiger partial charge on any atom is 0.236 e. The van der Waals surface area contributed by atoms with Crippen molar-refractivity contribution in [2.75, 3.05) is 5.32 Å². The van der Waals surface area contributed by atoms with Crippen LogP contribution in [-0.2, 0) is 0 Å². The summed E-state index contributed by atoms with van der Waals surface area (Å²) < 4.78 is 0. The van der Waals surface area contributed by atoms with Crippen LogP contribution in [0.4, 0.5) is 5.95 Å². The summed E-state index contributed by atoms with van der Waals surface area (Å²) in [4.78, 5) is 8.33. The first kappa shape index (κ1) is 11.2. The lowest BCUT2D eigenvalue weighted by molar-refractivity contribution is 1.17. The number of hydrogen-bond acceptors (Lipinski definition) is 4. The highest BCUT2D eigenvalue weighted by molar-refractivity contribution is 5.95. The molecule has 2 aromatic carbocycles. The second-order valence-electron chi connectivity index (χ2n) is 4.03. The van der Waals surface area contributed by atoms with E-state index in [4.69, 9.17) is 5.26 Å². The van der Waals surface area contributed by atoms with Gasteiger partial charge in [0.25, 0.3) is 0 Å². The van der Waals surface area contributed by atoms with Crippen molar-refractivity contribution in [2.45, 2.75) is 0 Å². The van der Waals surface area contributed by atoms with E-state index in [0.717, 1.165) is 22.0 Å². The predicted molar refractivity (Wildman–Crippen MR) is 74.2 cm³/mol. The fourth-order valence-corrected chi connectivity index (χ4v) is 2.07. The van der Waals surface area contributed by atoms with Crippen LogP contribution >= 0.6 is 0 Å². The summed E-state index contributed by atoms with van der Waals surface area (Å²) in [5.41, 5.74) is 1.83. The van der Waals surface area contributed by atoms with Gasteiger partial charge >= 0.3 is 0 Å². The highest BCUT2D eigenvalue weighted by atomic mass is 15.1. The van der Waals surface area contributed by atoms with Gasteiger partial charge in [0.05, 0.1) is 5.69 Å². The van der Waals surface area contributed by atoms with E-state index in [1.807, 2.05) is 36.5 Å². The Hall–Kier alpha value is -2.93. The van der Waals surface area contributed by atoms with Gasteiger partial charge in [-0.1, -0.05) is 42.5 Å². The standard InChI is InChI=1S/C15H10N4/c16-10-18-15-17-9-8-14(19-15)13-7-3-5-11-4-1-2-6-12(11)13/h1-9H,(H,17,18,19). The van der Waals surface area contributed by atoms with E-state index in [2.05, 4.69) is 33.5 Å². The molecule has 1 N–H and O–H groups in total. The average molecular weight is 246 g/mol. The molecule has 19 heavy (non-hydrogen) atoms. The Morgan fingerprint density at radius 2 is 1.84 bits per heavy atom. The van der Waals surface area contributed by atoms with E-state index in [-0.39, 0.29) is 0 Å². The van der Waals surface area contributed by atoms with E-state index < -0.39 is 0 Å². The Balaban J connectivity index is 2.19. The molecule has 1 aromatic heterocycles. The fourth-order valence-electron chi connectivity index (χ4n) is 2.07. The first-order valence-corrected chi connectivity index (χ1v) is 5.85. The molecule has 4 heteroatoms. The van der Waals surface area contributed by atoms with Gasteiger partial charge in [-0.15, -0.1) is 0 Å². The van der Waals surface area contributed by atoms with Gasteiger partial charge in [-0.05, 0) is 16.8 Å². The molecule has 0 radical (unpaired) electrons. The summed E-state index contributed by atoms with van der Waals surface area (Å²) in [6, 6.07) is 16.0. The predicted octanol–water partition coefficient (Wildman–Crippen LogP) is 3.19. The van der Waals surface area contributed by atoms with Gasteiger partial charge in [0.15, 0.2) is 6.19 Å². The zero-order chi connectivity index (χ0) is 13.1. The number of fused-ring (bicyclic) bond motifs is 1. The molecular formula is C15H10N4. The van der Waals surface area contributed by atoms with Crippen LogP contribution < -0.4 is 5.32 Å². The number of rotatable bonds is 2. The number of nitrogens with zero attached hydrogens (tertiary/aromatic N) is 3. The third kappa shape index (κ3) is 2.09. The van der Waals surface area contributed by atoms with E-state index in [9.17, 15) is 0 Å². The monoisotopic (exact) mass is 246 g/mol. The Kier molecular flexibility index (Phi) is 2.79.